The Morgan fingerprint density at radius 1 is 1.18 bits per heavy atom. The van der Waals surface area contributed by atoms with Gasteiger partial charge < -0.3 is 20.1 Å². The SMILES string of the molecule is CC1(C)OB(c2ccc(N)cc2C#CCCCO)OC1(C)C. The Hall–Kier alpha value is -1.48. The predicted molar refractivity (Wildman–Crippen MR) is 89.8 cm³/mol. The van der Waals surface area contributed by atoms with E-state index in [1.807, 2.05) is 45.9 Å². The second-order valence-electron chi connectivity index (χ2n) is 6.56. The number of nitrogen functional groups attached to an aromatic ring is 1. The van der Waals surface area contributed by atoms with Gasteiger partial charge in [-0.2, -0.15) is 0 Å². The summed E-state index contributed by atoms with van der Waals surface area (Å²) in [5.74, 6) is 6.18. The van der Waals surface area contributed by atoms with Crippen molar-refractivity contribution in [1.29, 1.82) is 0 Å². The molecule has 0 saturated carbocycles. The van der Waals surface area contributed by atoms with Gasteiger partial charge >= 0.3 is 7.12 Å². The molecule has 2 rings (SSSR count). The van der Waals surface area contributed by atoms with Crippen molar-refractivity contribution in [3.8, 4) is 11.8 Å². The highest BCUT2D eigenvalue weighted by Crippen LogP contribution is 2.36. The Balaban J connectivity index is 2.30. The summed E-state index contributed by atoms with van der Waals surface area (Å²) in [6.45, 7) is 8.25. The van der Waals surface area contributed by atoms with E-state index in [4.69, 9.17) is 20.1 Å². The monoisotopic (exact) mass is 301 g/mol. The van der Waals surface area contributed by atoms with E-state index in [1.165, 1.54) is 0 Å². The number of anilines is 1. The zero-order valence-electron chi connectivity index (χ0n) is 13.8. The number of hydrogen-bond donors (Lipinski definition) is 2. The molecule has 0 unspecified atom stereocenters. The van der Waals surface area contributed by atoms with E-state index in [0.29, 0.717) is 18.5 Å². The van der Waals surface area contributed by atoms with Crippen LogP contribution in [0, 0.1) is 11.8 Å². The minimum atomic E-state index is -0.451. The summed E-state index contributed by atoms with van der Waals surface area (Å²) >= 11 is 0. The number of nitrogens with two attached hydrogens (primary N) is 1. The Labute approximate surface area is 133 Å². The molecule has 1 heterocycles. The van der Waals surface area contributed by atoms with Crippen molar-refractivity contribution in [3.63, 3.8) is 0 Å². The van der Waals surface area contributed by atoms with Crippen LogP contribution < -0.4 is 11.2 Å². The first-order chi connectivity index (χ1) is 10.3. The van der Waals surface area contributed by atoms with Crippen LogP contribution in [-0.2, 0) is 9.31 Å². The molecule has 1 aromatic carbocycles. The van der Waals surface area contributed by atoms with Crippen LogP contribution in [0.25, 0.3) is 0 Å². The third-order valence-corrected chi connectivity index (χ3v) is 4.27. The maximum Gasteiger partial charge on any atom is 0.496 e. The zero-order chi connectivity index (χ0) is 16.4. The molecule has 22 heavy (non-hydrogen) atoms. The van der Waals surface area contributed by atoms with Crippen molar-refractivity contribution in [2.75, 3.05) is 12.3 Å². The van der Waals surface area contributed by atoms with Crippen molar-refractivity contribution in [1.82, 2.24) is 0 Å². The van der Waals surface area contributed by atoms with Crippen LogP contribution in [0.5, 0.6) is 0 Å². The Morgan fingerprint density at radius 2 is 1.82 bits per heavy atom. The van der Waals surface area contributed by atoms with Gasteiger partial charge in [0.1, 0.15) is 0 Å². The fourth-order valence-electron chi connectivity index (χ4n) is 2.18. The van der Waals surface area contributed by atoms with Crippen LogP contribution >= 0.6 is 0 Å². The molecular formula is C17H24BNO3. The molecule has 0 aromatic heterocycles. The first kappa shape index (κ1) is 16.9. The third kappa shape index (κ3) is 3.46. The summed E-state index contributed by atoms with van der Waals surface area (Å²) in [7, 11) is -0.451. The molecule has 0 atom stereocenters. The van der Waals surface area contributed by atoms with E-state index >= 15 is 0 Å². The molecule has 1 aromatic rings. The van der Waals surface area contributed by atoms with Gasteiger partial charge in [-0.25, -0.2) is 0 Å². The van der Waals surface area contributed by atoms with Gasteiger partial charge in [-0.1, -0.05) is 17.9 Å². The van der Waals surface area contributed by atoms with Crippen LogP contribution in [0.15, 0.2) is 18.2 Å². The Bertz CT molecular complexity index is 586. The van der Waals surface area contributed by atoms with Crippen LogP contribution in [0.4, 0.5) is 5.69 Å². The molecule has 4 nitrogen and oxygen atoms in total. The van der Waals surface area contributed by atoms with Crippen LogP contribution in [0.3, 0.4) is 0 Å². The van der Waals surface area contributed by atoms with Gasteiger partial charge in [0.05, 0.1) is 11.2 Å². The lowest BCUT2D eigenvalue weighted by Gasteiger charge is -2.32. The molecule has 0 aliphatic carbocycles. The largest absolute Gasteiger partial charge is 0.496 e. The quantitative estimate of drug-likeness (QED) is 0.386. The second-order valence-corrected chi connectivity index (χ2v) is 6.56. The lowest BCUT2D eigenvalue weighted by atomic mass is 9.76. The third-order valence-electron chi connectivity index (χ3n) is 4.27. The molecule has 118 valence electrons. The minimum absolute atomic E-state index is 0.149. The van der Waals surface area contributed by atoms with Crippen molar-refractivity contribution in [2.24, 2.45) is 0 Å². The molecule has 1 aliphatic rings. The van der Waals surface area contributed by atoms with E-state index in [1.54, 1.807) is 0 Å². The lowest BCUT2D eigenvalue weighted by Crippen LogP contribution is -2.41. The first-order valence-corrected chi connectivity index (χ1v) is 7.61. The summed E-state index contributed by atoms with van der Waals surface area (Å²) < 4.78 is 12.2. The molecule has 1 fully saturated rings. The standard InChI is InChI=1S/C17H24BNO3/c1-16(2)17(3,4)22-18(21-16)15-10-9-14(19)12-13(15)8-6-5-7-11-20/h9-10,12,20H,5,7,11,19H2,1-4H3. The molecule has 0 radical (unpaired) electrons. The number of benzene rings is 1. The van der Waals surface area contributed by atoms with Gasteiger partial charge in [0.2, 0.25) is 0 Å². The summed E-state index contributed by atoms with van der Waals surface area (Å²) in [6, 6.07) is 5.58. The average molecular weight is 301 g/mol. The molecule has 1 saturated heterocycles. The van der Waals surface area contributed by atoms with Crippen LogP contribution in [-0.4, -0.2) is 30.0 Å². The normalized spacial score (nSPS) is 18.9. The van der Waals surface area contributed by atoms with E-state index in [-0.39, 0.29) is 17.8 Å². The molecule has 0 spiro atoms. The Kier molecular flexibility index (Phi) is 4.86. The molecule has 1 aliphatic heterocycles. The predicted octanol–water partition coefficient (Wildman–Crippen LogP) is 1.69. The summed E-state index contributed by atoms with van der Waals surface area (Å²) in [6.07, 6.45) is 1.31. The van der Waals surface area contributed by atoms with E-state index in [0.717, 1.165) is 11.0 Å². The maximum absolute atomic E-state index is 8.82. The summed E-state index contributed by atoms with van der Waals surface area (Å²) in [5.41, 5.74) is 7.47. The number of aliphatic hydroxyl groups is 1. The van der Waals surface area contributed by atoms with E-state index < -0.39 is 7.12 Å². The van der Waals surface area contributed by atoms with Crippen LogP contribution in [0.2, 0.25) is 0 Å². The molecular weight excluding hydrogens is 277 g/mol. The van der Waals surface area contributed by atoms with Crippen molar-refractivity contribution < 1.29 is 14.4 Å². The van der Waals surface area contributed by atoms with Gasteiger partial charge in [-0.05, 0) is 51.7 Å². The van der Waals surface area contributed by atoms with Gasteiger partial charge in [-0.3, -0.25) is 0 Å². The van der Waals surface area contributed by atoms with Gasteiger partial charge in [0, 0.05) is 24.3 Å². The molecule has 3 N–H and O–H groups in total. The maximum atomic E-state index is 8.82. The highest BCUT2D eigenvalue weighted by atomic mass is 16.7. The van der Waals surface area contributed by atoms with Crippen molar-refractivity contribution in [2.45, 2.75) is 51.7 Å². The van der Waals surface area contributed by atoms with E-state index in [2.05, 4.69) is 11.8 Å². The summed E-state index contributed by atoms with van der Waals surface area (Å²) in [5, 5.41) is 8.82. The highest BCUT2D eigenvalue weighted by Gasteiger charge is 2.52. The van der Waals surface area contributed by atoms with Crippen molar-refractivity contribution in [3.05, 3.63) is 23.8 Å². The summed E-state index contributed by atoms with van der Waals surface area (Å²) in [4.78, 5) is 0. The van der Waals surface area contributed by atoms with Gasteiger partial charge in [-0.15, -0.1) is 0 Å². The van der Waals surface area contributed by atoms with Gasteiger partial charge in [0.15, 0.2) is 0 Å². The Morgan fingerprint density at radius 3 is 2.41 bits per heavy atom. The number of unbranched alkanes of at least 4 members (excludes halogenated alkanes) is 1. The first-order valence-electron chi connectivity index (χ1n) is 7.61. The number of rotatable bonds is 3. The molecule has 0 bridgehead atoms. The second kappa shape index (κ2) is 6.33. The number of hydrogen-bond acceptors (Lipinski definition) is 4. The topological polar surface area (TPSA) is 64.7 Å². The molecule has 5 heteroatoms. The lowest BCUT2D eigenvalue weighted by molar-refractivity contribution is 0.00578. The fourth-order valence-corrected chi connectivity index (χ4v) is 2.18. The fraction of sp³-hybridized carbons (Fsp3) is 0.529. The van der Waals surface area contributed by atoms with E-state index in [9.17, 15) is 0 Å². The van der Waals surface area contributed by atoms with Crippen molar-refractivity contribution >= 4 is 18.3 Å². The zero-order valence-corrected chi connectivity index (χ0v) is 13.8. The smallest absolute Gasteiger partial charge is 0.399 e. The molecule has 0 amide bonds. The van der Waals surface area contributed by atoms with Gasteiger partial charge in [0.25, 0.3) is 0 Å². The number of aliphatic hydroxyl groups excluding tert-OH is 1. The average Bonchev–Trinajstić information content (AvgIpc) is 2.63. The minimum Gasteiger partial charge on any atom is -0.399 e. The highest BCUT2D eigenvalue weighted by molar-refractivity contribution is 6.62. The van der Waals surface area contributed by atoms with Crippen LogP contribution in [0.1, 0.15) is 46.1 Å².